The molecule has 18 heavy (non-hydrogen) atoms. The molecule has 1 heterocycles. The summed E-state index contributed by atoms with van der Waals surface area (Å²) in [6.07, 6.45) is 4.36. The molecule has 0 radical (unpaired) electrons. The number of aryl methyl sites for hydroxylation is 1. The third-order valence-corrected chi connectivity index (χ3v) is 2.77. The molecule has 0 spiro atoms. The summed E-state index contributed by atoms with van der Waals surface area (Å²) < 4.78 is 28.2. The minimum absolute atomic E-state index is 0.314. The molecule has 2 aromatic rings. The van der Waals surface area contributed by atoms with E-state index in [0.29, 0.717) is 18.7 Å². The van der Waals surface area contributed by atoms with Crippen LogP contribution in [0.3, 0.4) is 0 Å². The lowest BCUT2D eigenvalue weighted by Crippen LogP contribution is -2.19. The van der Waals surface area contributed by atoms with E-state index in [1.807, 2.05) is 17.8 Å². The Morgan fingerprint density at radius 1 is 1.33 bits per heavy atom. The number of halogens is 2. The lowest BCUT2D eigenvalue weighted by Gasteiger charge is -2.06. The zero-order valence-electron chi connectivity index (χ0n) is 10.2. The molecule has 0 bridgehead atoms. The van der Waals surface area contributed by atoms with Crippen LogP contribution < -0.4 is 5.32 Å². The number of hydrogen-bond donors (Lipinski definition) is 1. The fourth-order valence-corrected chi connectivity index (χ4v) is 1.74. The maximum atomic E-state index is 13.3. The molecule has 96 valence electrons. The molecule has 0 aliphatic rings. The van der Waals surface area contributed by atoms with Gasteiger partial charge in [-0.2, -0.15) is 0 Å². The first-order chi connectivity index (χ1) is 8.66. The smallest absolute Gasteiger partial charge is 0.127 e. The van der Waals surface area contributed by atoms with Crippen LogP contribution in [0.4, 0.5) is 8.78 Å². The van der Waals surface area contributed by atoms with Crippen molar-refractivity contribution in [3.05, 3.63) is 53.6 Å². The zero-order chi connectivity index (χ0) is 13.0. The molecule has 2 rings (SSSR count). The summed E-state index contributed by atoms with van der Waals surface area (Å²) in [5, 5.41) is 3.08. The Morgan fingerprint density at radius 2 is 2.17 bits per heavy atom. The molecule has 0 fully saturated rings. The van der Waals surface area contributed by atoms with Gasteiger partial charge in [-0.3, -0.25) is 0 Å². The highest BCUT2D eigenvalue weighted by Crippen LogP contribution is 2.09. The number of nitrogens with zero attached hydrogens (tertiary/aromatic N) is 2. The van der Waals surface area contributed by atoms with E-state index in [9.17, 15) is 8.78 Å². The summed E-state index contributed by atoms with van der Waals surface area (Å²) in [6, 6.07) is 3.47. The fourth-order valence-electron chi connectivity index (χ4n) is 1.74. The summed E-state index contributed by atoms with van der Waals surface area (Å²) in [7, 11) is 1.93. The van der Waals surface area contributed by atoms with Gasteiger partial charge in [0.25, 0.3) is 0 Å². The molecule has 0 amide bonds. The number of nitrogens with one attached hydrogen (secondary N) is 1. The molecule has 0 aliphatic carbocycles. The number of aromatic nitrogens is 2. The number of benzene rings is 1. The van der Waals surface area contributed by atoms with Crippen LogP contribution >= 0.6 is 0 Å². The van der Waals surface area contributed by atoms with Gasteiger partial charge in [0.05, 0.1) is 0 Å². The molecular weight excluding hydrogens is 236 g/mol. The van der Waals surface area contributed by atoms with Gasteiger partial charge in [0.15, 0.2) is 0 Å². The topological polar surface area (TPSA) is 29.9 Å². The minimum atomic E-state index is -0.419. The van der Waals surface area contributed by atoms with Gasteiger partial charge in [-0.1, -0.05) is 0 Å². The molecule has 0 unspecified atom stereocenters. The largest absolute Gasteiger partial charge is 0.338 e. The highest BCUT2D eigenvalue weighted by molar-refractivity contribution is 5.18. The van der Waals surface area contributed by atoms with Crippen molar-refractivity contribution in [1.82, 2.24) is 14.9 Å². The summed E-state index contributed by atoms with van der Waals surface area (Å²) in [5.41, 5.74) is 0.342. The SMILES string of the molecule is Cn1ccnc1CCNCc1cc(F)ccc1F. The summed E-state index contributed by atoms with van der Waals surface area (Å²) in [4.78, 5) is 4.18. The first-order valence-electron chi connectivity index (χ1n) is 5.77. The molecule has 1 aromatic heterocycles. The second-order valence-corrected chi connectivity index (χ2v) is 4.12. The van der Waals surface area contributed by atoms with Crippen molar-refractivity contribution < 1.29 is 8.78 Å². The number of imidazole rings is 1. The van der Waals surface area contributed by atoms with Crippen molar-refractivity contribution in [3.63, 3.8) is 0 Å². The molecule has 0 saturated carbocycles. The molecular formula is C13H15F2N3. The van der Waals surface area contributed by atoms with Crippen LogP contribution in [0.25, 0.3) is 0 Å². The average molecular weight is 251 g/mol. The van der Waals surface area contributed by atoms with Crippen LogP contribution in [-0.2, 0) is 20.0 Å². The third kappa shape index (κ3) is 3.13. The van der Waals surface area contributed by atoms with E-state index in [2.05, 4.69) is 10.3 Å². The van der Waals surface area contributed by atoms with Gasteiger partial charge in [-0.25, -0.2) is 13.8 Å². The van der Waals surface area contributed by atoms with E-state index in [4.69, 9.17) is 0 Å². The van der Waals surface area contributed by atoms with E-state index in [0.717, 1.165) is 24.4 Å². The third-order valence-electron chi connectivity index (χ3n) is 2.77. The molecule has 0 saturated heterocycles. The van der Waals surface area contributed by atoms with Crippen molar-refractivity contribution >= 4 is 0 Å². The highest BCUT2D eigenvalue weighted by Gasteiger charge is 2.04. The van der Waals surface area contributed by atoms with E-state index in [-0.39, 0.29) is 5.82 Å². The van der Waals surface area contributed by atoms with Crippen molar-refractivity contribution in [1.29, 1.82) is 0 Å². The Kier molecular flexibility index (Phi) is 4.04. The number of hydrogen-bond acceptors (Lipinski definition) is 2. The maximum Gasteiger partial charge on any atom is 0.127 e. The second kappa shape index (κ2) is 5.73. The summed E-state index contributed by atoms with van der Waals surface area (Å²) in [6.45, 7) is 0.981. The van der Waals surface area contributed by atoms with Crippen molar-refractivity contribution in [2.45, 2.75) is 13.0 Å². The van der Waals surface area contributed by atoms with Crippen LogP contribution in [0, 0.1) is 11.6 Å². The van der Waals surface area contributed by atoms with Gasteiger partial charge in [0.2, 0.25) is 0 Å². The predicted octanol–water partition coefficient (Wildman–Crippen LogP) is 2.03. The van der Waals surface area contributed by atoms with Gasteiger partial charge in [0.1, 0.15) is 17.5 Å². The van der Waals surface area contributed by atoms with Crippen LogP contribution in [-0.4, -0.2) is 16.1 Å². The maximum absolute atomic E-state index is 13.3. The zero-order valence-corrected chi connectivity index (χ0v) is 10.2. The van der Waals surface area contributed by atoms with Crippen molar-refractivity contribution in [2.24, 2.45) is 7.05 Å². The van der Waals surface area contributed by atoms with Crippen LogP contribution in [0.2, 0.25) is 0 Å². The monoisotopic (exact) mass is 251 g/mol. The molecule has 5 heteroatoms. The minimum Gasteiger partial charge on any atom is -0.338 e. The van der Waals surface area contributed by atoms with Gasteiger partial charge >= 0.3 is 0 Å². The second-order valence-electron chi connectivity index (χ2n) is 4.12. The van der Waals surface area contributed by atoms with Gasteiger partial charge < -0.3 is 9.88 Å². The van der Waals surface area contributed by atoms with Crippen molar-refractivity contribution in [2.75, 3.05) is 6.54 Å². The molecule has 0 atom stereocenters. The molecule has 1 N–H and O–H groups in total. The van der Waals surface area contributed by atoms with Gasteiger partial charge in [-0.05, 0) is 18.2 Å². The molecule has 3 nitrogen and oxygen atoms in total. The normalized spacial score (nSPS) is 10.8. The van der Waals surface area contributed by atoms with Gasteiger partial charge in [0, 0.05) is 44.5 Å². The highest BCUT2D eigenvalue weighted by atomic mass is 19.1. The predicted molar refractivity (Wildman–Crippen MR) is 65.0 cm³/mol. The van der Waals surface area contributed by atoms with E-state index < -0.39 is 5.82 Å². The Morgan fingerprint density at radius 3 is 2.89 bits per heavy atom. The lowest BCUT2D eigenvalue weighted by molar-refractivity contribution is 0.566. The molecule has 1 aromatic carbocycles. The van der Waals surface area contributed by atoms with Gasteiger partial charge in [-0.15, -0.1) is 0 Å². The standard InChI is InChI=1S/C13H15F2N3/c1-18-7-6-17-13(18)4-5-16-9-10-8-11(14)2-3-12(10)15/h2-3,6-8,16H,4-5,9H2,1H3. The van der Waals surface area contributed by atoms with Crippen LogP contribution in [0.5, 0.6) is 0 Å². The fraction of sp³-hybridized carbons (Fsp3) is 0.308. The van der Waals surface area contributed by atoms with E-state index >= 15 is 0 Å². The first-order valence-corrected chi connectivity index (χ1v) is 5.77. The van der Waals surface area contributed by atoms with E-state index in [1.54, 1.807) is 6.20 Å². The van der Waals surface area contributed by atoms with Crippen LogP contribution in [0.1, 0.15) is 11.4 Å². The Bertz CT molecular complexity index is 523. The first kappa shape index (κ1) is 12.7. The average Bonchev–Trinajstić information content (AvgIpc) is 2.75. The summed E-state index contributed by atoms with van der Waals surface area (Å²) >= 11 is 0. The van der Waals surface area contributed by atoms with E-state index in [1.165, 1.54) is 6.07 Å². The van der Waals surface area contributed by atoms with Crippen LogP contribution in [0.15, 0.2) is 30.6 Å². The molecule has 0 aliphatic heterocycles. The Balaban J connectivity index is 1.82. The lowest BCUT2D eigenvalue weighted by atomic mass is 10.2. The summed E-state index contributed by atoms with van der Waals surface area (Å²) in [5.74, 6) is 0.153. The van der Waals surface area contributed by atoms with Crippen molar-refractivity contribution in [3.8, 4) is 0 Å². The Labute approximate surface area is 104 Å². The Hall–Kier alpha value is -1.75. The number of rotatable bonds is 5. The quantitative estimate of drug-likeness (QED) is 0.824.